The topological polar surface area (TPSA) is 132 Å². The second-order valence-electron chi connectivity index (χ2n) is 11.4. The predicted octanol–water partition coefficient (Wildman–Crippen LogP) is 5.48. The Bertz CT molecular complexity index is 555. The second kappa shape index (κ2) is 33.8. The van der Waals surface area contributed by atoms with Gasteiger partial charge in [0.15, 0.2) is 5.60 Å². The Labute approximate surface area is 302 Å². The summed E-state index contributed by atoms with van der Waals surface area (Å²) in [5.41, 5.74) is -1.44. The van der Waals surface area contributed by atoms with Crippen LogP contribution >= 0.6 is 0 Å². The zero-order chi connectivity index (χ0) is 31.8. The largest absolute Gasteiger partial charge is 0.545 e. The van der Waals surface area contributed by atoms with Gasteiger partial charge in [-0.25, -0.2) is 17.0 Å². The molecule has 2 radical (unpaired) electrons. The molecule has 0 aliphatic carbocycles. The summed E-state index contributed by atoms with van der Waals surface area (Å²) in [7, 11) is 0. The van der Waals surface area contributed by atoms with Crippen molar-refractivity contribution in [2.45, 2.75) is 128 Å². The van der Waals surface area contributed by atoms with Crippen LogP contribution in [-0.2, 0) is 94.0 Å². The predicted molar refractivity (Wildman–Crippen MR) is 156 cm³/mol. The van der Waals surface area contributed by atoms with Crippen LogP contribution in [0.3, 0.4) is 0 Å². The zero-order valence-corrected chi connectivity index (χ0v) is 34.3. The van der Waals surface area contributed by atoms with Crippen LogP contribution < -0.4 is 0 Å². The number of rotatable bonds is 14. The van der Waals surface area contributed by atoms with E-state index in [9.17, 15) is 14.7 Å². The molecule has 0 amide bonds. The van der Waals surface area contributed by atoms with Gasteiger partial charge in [-0.15, -0.1) is 0 Å². The summed E-state index contributed by atoms with van der Waals surface area (Å²) >= 11 is 0. The minimum absolute atomic E-state index is 0. The first-order valence-corrected chi connectivity index (χ1v) is 13.9. The van der Waals surface area contributed by atoms with Crippen LogP contribution in [0.15, 0.2) is 0 Å². The van der Waals surface area contributed by atoms with Gasteiger partial charge in [0.25, 0.3) is 0 Å². The van der Waals surface area contributed by atoms with Gasteiger partial charge in [0.05, 0.1) is 18.1 Å². The Morgan fingerprint density at radius 2 is 1.00 bits per heavy atom. The molecule has 0 saturated carbocycles. The summed E-state index contributed by atoms with van der Waals surface area (Å²) in [6.45, 7) is 27.0. The molecule has 2 unspecified atom stereocenters. The van der Waals surface area contributed by atoms with Gasteiger partial charge < -0.3 is 34.3 Å². The smallest absolute Gasteiger partial charge is 0.337 e. The number of aliphatic hydroxyl groups is 3. The Hall–Kier alpha value is 0.948. The normalized spacial score (nSPS) is 12.0. The average molecular weight is 745 g/mol. The van der Waals surface area contributed by atoms with E-state index in [1.165, 1.54) is 13.8 Å². The fraction of sp³-hybridized carbons (Fsp3) is 0.867. The van der Waals surface area contributed by atoms with Crippen LogP contribution in [-0.4, -0.2) is 71.5 Å². The van der Waals surface area contributed by atoms with Crippen LogP contribution in [0.5, 0.6) is 0 Å². The van der Waals surface area contributed by atoms with Crippen LogP contribution in [0.1, 0.15) is 110 Å². The molecule has 0 saturated heterocycles. The van der Waals surface area contributed by atoms with E-state index < -0.39 is 11.6 Å². The van der Waals surface area contributed by atoms with Gasteiger partial charge in [-0.05, 0) is 52.4 Å². The summed E-state index contributed by atoms with van der Waals surface area (Å²) in [6, 6.07) is 0. The number of aliphatic hydroxyl groups excluding tert-OH is 2. The number of hydrogen-bond acceptors (Lipinski definition) is 9. The molecule has 0 spiro atoms. The molecule has 0 aromatic heterocycles. The molecule has 2 atom stereocenters. The van der Waals surface area contributed by atoms with Gasteiger partial charge in [0.2, 0.25) is 0 Å². The minimum atomic E-state index is -1.44. The minimum Gasteiger partial charge on any atom is -0.545 e. The van der Waals surface area contributed by atoms with Gasteiger partial charge in [-0.2, -0.15) is 27.7 Å². The van der Waals surface area contributed by atoms with Crippen molar-refractivity contribution in [3.05, 3.63) is 12.2 Å². The van der Waals surface area contributed by atoms with E-state index in [2.05, 4.69) is 27.7 Å². The van der Waals surface area contributed by atoms with Crippen LogP contribution in [0, 0.1) is 30.0 Å². The molecule has 0 rings (SSSR count). The molecular formula is C30H62O9Y2-2. The van der Waals surface area contributed by atoms with Crippen molar-refractivity contribution in [1.29, 1.82) is 0 Å². The second-order valence-corrected chi connectivity index (χ2v) is 11.4. The molecule has 41 heavy (non-hydrogen) atoms. The molecule has 0 aliphatic heterocycles. The number of carbonyl (C=O) groups excluding carboxylic acids is 2. The van der Waals surface area contributed by atoms with E-state index in [1.807, 2.05) is 48.5 Å². The van der Waals surface area contributed by atoms with Crippen molar-refractivity contribution in [2.75, 3.05) is 26.4 Å². The molecule has 3 N–H and O–H groups in total. The number of carbonyl (C=O) groups is 2. The zero-order valence-electron chi connectivity index (χ0n) is 28.6. The third-order valence-corrected chi connectivity index (χ3v) is 4.17. The van der Waals surface area contributed by atoms with Crippen molar-refractivity contribution >= 4 is 11.9 Å². The summed E-state index contributed by atoms with van der Waals surface area (Å²) in [5, 5.41) is 25.7. The third kappa shape index (κ3) is 50.9. The average Bonchev–Trinajstić information content (AvgIpc) is 2.75. The molecular weight excluding hydrogens is 682 g/mol. The summed E-state index contributed by atoms with van der Waals surface area (Å²) < 4.78 is 20.4. The summed E-state index contributed by atoms with van der Waals surface area (Å²) in [5.74, 6) is 0.412. The van der Waals surface area contributed by atoms with Crippen molar-refractivity contribution in [1.82, 2.24) is 0 Å². The van der Waals surface area contributed by atoms with Gasteiger partial charge in [-0.3, -0.25) is 4.79 Å². The number of ether oxygens (including phenoxy) is 4. The Morgan fingerprint density at radius 1 is 0.683 bits per heavy atom. The van der Waals surface area contributed by atoms with Gasteiger partial charge in [0.1, 0.15) is 13.2 Å². The van der Waals surface area contributed by atoms with E-state index >= 15 is 0 Å². The molecule has 0 aliphatic rings. The fourth-order valence-corrected chi connectivity index (χ4v) is 2.12. The first-order chi connectivity index (χ1) is 17.7. The molecule has 0 heterocycles. The Balaban J connectivity index is -0.000000105. The fourth-order valence-electron chi connectivity index (χ4n) is 2.12. The maximum atomic E-state index is 11.1. The van der Waals surface area contributed by atoms with Crippen molar-refractivity contribution in [3.8, 4) is 0 Å². The standard InChI is InChI=1S/C10H19O4.C10H19O3.2C5H12O.2Y/c1-7(2)14-8(3)6-13-9(11)10(4,5)12;1-7(2)10(11)12-6-9(5)13-8(3)4;2*1-5(2)3-4-6;;/h8,12H,6H2,1-5H3;7,9H,6H2,1-5H3;2*5-6H,3-4H2,1-2H3;;/q2*-1;;;;. The molecule has 0 bridgehead atoms. The summed E-state index contributed by atoms with van der Waals surface area (Å²) in [4.78, 5) is 22.2. The summed E-state index contributed by atoms with van der Waals surface area (Å²) in [6.07, 6.45) is 3.31. The molecule has 0 aromatic carbocycles. The van der Waals surface area contributed by atoms with E-state index in [1.54, 1.807) is 6.92 Å². The van der Waals surface area contributed by atoms with Crippen LogP contribution in [0.25, 0.3) is 0 Å². The molecule has 0 fully saturated rings. The molecule has 0 aromatic rings. The van der Waals surface area contributed by atoms with Gasteiger partial charge in [0, 0.05) is 78.6 Å². The maximum Gasteiger partial charge on any atom is 0.337 e. The third-order valence-electron chi connectivity index (χ3n) is 4.17. The van der Waals surface area contributed by atoms with Crippen molar-refractivity contribution in [2.24, 2.45) is 17.8 Å². The number of esters is 2. The Kier molecular flexibility index (Phi) is 44.9. The first-order valence-electron chi connectivity index (χ1n) is 13.9. The van der Waals surface area contributed by atoms with E-state index in [-0.39, 0.29) is 96.1 Å². The van der Waals surface area contributed by atoms with Crippen LogP contribution in [0.2, 0.25) is 0 Å². The van der Waals surface area contributed by atoms with Crippen molar-refractivity contribution < 1.29 is 109 Å². The van der Waals surface area contributed by atoms with E-state index in [0.717, 1.165) is 25.0 Å². The van der Waals surface area contributed by atoms with Crippen molar-refractivity contribution in [3.63, 3.8) is 0 Å². The Morgan fingerprint density at radius 3 is 1.20 bits per heavy atom. The molecule has 11 heteroatoms. The molecule has 9 nitrogen and oxygen atoms in total. The van der Waals surface area contributed by atoms with Crippen LogP contribution in [0.4, 0.5) is 0 Å². The molecule has 244 valence electrons. The van der Waals surface area contributed by atoms with Gasteiger partial charge >= 0.3 is 11.9 Å². The number of hydrogen-bond donors (Lipinski definition) is 3. The van der Waals surface area contributed by atoms with Gasteiger partial charge in [-0.1, -0.05) is 41.5 Å². The van der Waals surface area contributed by atoms with E-state index in [4.69, 9.17) is 29.2 Å². The maximum absolute atomic E-state index is 11.1. The SMILES string of the molecule is CC(C)CCO.CC(C)CCO.C[C-](C)OC(C)COC(=O)C(C)(C)O.C[C-](C)OC(C)COC(=O)C(C)C.[Y].[Y]. The monoisotopic (exact) mass is 744 g/mol. The quantitative estimate of drug-likeness (QED) is 0.156. The first kappa shape index (κ1) is 54.4. The van der Waals surface area contributed by atoms with E-state index in [0.29, 0.717) is 31.7 Å².